The molecule has 2 aromatic carbocycles. The van der Waals surface area contributed by atoms with E-state index in [0.717, 1.165) is 16.8 Å². The summed E-state index contributed by atoms with van der Waals surface area (Å²) in [6, 6.07) is 13.6. The van der Waals surface area contributed by atoms with Gasteiger partial charge in [0.25, 0.3) is 0 Å². The summed E-state index contributed by atoms with van der Waals surface area (Å²) < 4.78 is 16.7. The highest BCUT2D eigenvalue weighted by Gasteiger charge is 2.28. The predicted molar refractivity (Wildman–Crippen MR) is 117 cm³/mol. The van der Waals surface area contributed by atoms with Crippen LogP contribution in [0.15, 0.2) is 73.4 Å². The molecular weight excluding hydrogens is 417 g/mol. The third kappa shape index (κ3) is 3.53. The second-order valence-electron chi connectivity index (χ2n) is 7.17. The molecule has 0 aliphatic carbocycles. The van der Waals surface area contributed by atoms with Gasteiger partial charge in [-0.2, -0.15) is 0 Å². The van der Waals surface area contributed by atoms with Gasteiger partial charge in [-0.15, -0.1) is 0 Å². The SMILES string of the molecule is O=C(NCC1c2ccccc2-c2cncn21)Nc1cc(F)c(-c2ccncc2)cc1Cl. The number of aromatic nitrogens is 3. The number of carbonyl (C=O) groups excluding carboxylic acids is 1. The van der Waals surface area contributed by atoms with Crippen molar-refractivity contribution in [1.82, 2.24) is 19.9 Å². The fraction of sp³-hybridized carbons (Fsp3) is 0.0870. The highest BCUT2D eigenvalue weighted by Crippen LogP contribution is 2.38. The molecule has 0 spiro atoms. The van der Waals surface area contributed by atoms with Gasteiger partial charge in [0, 0.05) is 30.1 Å². The highest BCUT2D eigenvalue weighted by atomic mass is 35.5. The van der Waals surface area contributed by atoms with Crippen LogP contribution in [-0.2, 0) is 0 Å². The Kier molecular flexibility index (Phi) is 4.88. The topological polar surface area (TPSA) is 71.8 Å². The molecule has 0 saturated carbocycles. The van der Waals surface area contributed by atoms with Gasteiger partial charge in [-0.05, 0) is 35.4 Å². The van der Waals surface area contributed by atoms with Crippen LogP contribution >= 0.6 is 11.6 Å². The zero-order valence-corrected chi connectivity index (χ0v) is 17.0. The molecule has 0 radical (unpaired) electrons. The number of nitrogens with zero attached hydrogens (tertiary/aromatic N) is 3. The third-order valence-corrected chi connectivity index (χ3v) is 5.66. The number of urea groups is 1. The minimum absolute atomic E-state index is 0.0688. The smallest absolute Gasteiger partial charge is 0.319 e. The quantitative estimate of drug-likeness (QED) is 0.468. The fourth-order valence-corrected chi connectivity index (χ4v) is 4.10. The number of benzene rings is 2. The van der Waals surface area contributed by atoms with Crippen molar-refractivity contribution in [3.63, 3.8) is 0 Å². The van der Waals surface area contributed by atoms with Crippen LogP contribution in [0.1, 0.15) is 11.6 Å². The van der Waals surface area contributed by atoms with Crippen molar-refractivity contribution in [1.29, 1.82) is 0 Å². The molecule has 31 heavy (non-hydrogen) atoms. The van der Waals surface area contributed by atoms with Crippen LogP contribution in [0, 0.1) is 5.82 Å². The Balaban J connectivity index is 1.30. The van der Waals surface area contributed by atoms with E-state index in [1.165, 1.54) is 12.1 Å². The first-order chi connectivity index (χ1) is 15.1. The van der Waals surface area contributed by atoms with Gasteiger partial charge in [-0.25, -0.2) is 14.2 Å². The van der Waals surface area contributed by atoms with Crippen molar-refractivity contribution in [2.24, 2.45) is 0 Å². The fourth-order valence-electron chi connectivity index (χ4n) is 3.89. The molecule has 4 aromatic rings. The average molecular weight is 434 g/mol. The maximum absolute atomic E-state index is 14.6. The normalized spacial score (nSPS) is 14.1. The first-order valence-corrected chi connectivity index (χ1v) is 10.0. The van der Waals surface area contributed by atoms with Crippen molar-refractivity contribution in [3.8, 4) is 22.4 Å². The lowest BCUT2D eigenvalue weighted by molar-refractivity contribution is 0.251. The van der Waals surface area contributed by atoms with E-state index >= 15 is 0 Å². The predicted octanol–water partition coefficient (Wildman–Crippen LogP) is 5.13. The number of hydrogen-bond donors (Lipinski definition) is 2. The number of rotatable bonds is 4. The number of fused-ring (bicyclic) bond motifs is 3. The molecule has 3 heterocycles. The van der Waals surface area contributed by atoms with E-state index in [0.29, 0.717) is 17.7 Å². The molecule has 8 heteroatoms. The lowest BCUT2D eigenvalue weighted by Gasteiger charge is -2.17. The van der Waals surface area contributed by atoms with Gasteiger partial charge in [0.05, 0.1) is 35.0 Å². The summed E-state index contributed by atoms with van der Waals surface area (Å²) in [6.07, 6.45) is 6.72. The van der Waals surface area contributed by atoms with Gasteiger partial charge < -0.3 is 15.2 Å². The average Bonchev–Trinajstić information content (AvgIpc) is 3.37. The Morgan fingerprint density at radius 3 is 2.74 bits per heavy atom. The molecule has 0 bridgehead atoms. The van der Waals surface area contributed by atoms with Crippen LogP contribution in [0.25, 0.3) is 22.4 Å². The van der Waals surface area contributed by atoms with E-state index in [9.17, 15) is 9.18 Å². The molecule has 1 atom stereocenters. The van der Waals surface area contributed by atoms with Crippen LogP contribution in [-0.4, -0.2) is 27.1 Å². The van der Waals surface area contributed by atoms with Gasteiger partial charge in [0.1, 0.15) is 5.82 Å². The van der Waals surface area contributed by atoms with E-state index in [4.69, 9.17) is 11.6 Å². The molecule has 5 rings (SSSR count). The van der Waals surface area contributed by atoms with E-state index in [1.807, 2.05) is 35.0 Å². The summed E-state index contributed by atoms with van der Waals surface area (Å²) in [5.74, 6) is -0.487. The first-order valence-electron chi connectivity index (χ1n) is 9.67. The minimum Gasteiger partial charge on any atom is -0.335 e. The van der Waals surface area contributed by atoms with Crippen molar-refractivity contribution < 1.29 is 9.18 Å². The number of amides is 2. The van der Waals surface area contributed by atoms with E-state index < -0.39 is 11.8 Å². The number of hydrogen-bond acceptors (Lipinski definition) is 3. The Bertz CT molecular complexity index is 1270. The third-order valence-electron chi connectivity index (χ3n) is 5.35. The van der Waals surface area contributed by atoms with Gasteiger partial charge in [0.15, 0.2) is 0 Å². The highest BCUT2D eigenvalue weighted by molar-refractivity contribution is 6.34. The minimum atomic E-state index is -0.487. The summed E-state index contributed by atoms with van der Waals surface area (Å²) in [6.45, 7) is 0.349. The van der Waals surface area contributed by atoms with Gasteiger partial charge in [0.2, 0.25) is 0 Å². The molecule has 1 aliphatic heterocycles. The molecule has 2 N–H and O–H groups in total. The van der Waals surface area contributed by atoms with Crippen LogP contribution in [0.5, 0.6) is 0 Å². The zero-order chi connectivity index (χ0) is 21.4. The second kappa shape index (κ2) is 7.85. The number of halogens is 2. The molecular formula is C23H17ClFN5O. The molecule has 154 valence electrons. The molecule has 0 saturated heterocycles. The molecule has 2 aromatic heterocycles. The molecule has 0 fully saturated rings. The standard InChI is InChI=1S/C23H17ClFN5O/c24-18-9-17(14-5-7-26-8-6-14)19(25)10-20(18)29-23(31)28-12-22-16-4-2-1-3-15(16)21-11-27-13-30(21)22/h1-11,13,22H,12H2,(H2,28,29,31). The molecule has 1 unspecified atom stereocenters. The van der Waals surface area contributed by atoms with Crippen LogP contribution in [0.3, 0.4) is 0 Å². The van der Waals surface area contributed by atoms with Crippen molar-refractivity contribution in [2.75, 3.05) is 11.9 Å². The van der Waals surface area contributed by atoms with Crippen LogP contribution < -0.4 is 10.6 Å². The number of nitrogens with one attached hydrogen (secondary N) is 2. The monoisotopic (exact) mass is 433 g/mol. The maximum atomic E-state index is 14.6. The Hall–Kier alpha value is -3.71. The molecule has 1 aliphatic rings. The van der Waals surface area contributed by atoms with Crippen molar-refractivity contribution in [3.05, 3.63) is 89.9 Å². The van der Waals surface area contributed by atoms with Crippen LogP contribution in [0.4, 0.5) is 14.9 Å². The summed E-state index contributed by atoms with van der Waals surface area (Å²) in [7, 11) is 0. The van der Waals surface area contributed by atoms with E-state index in [2.05, 4.69) is 20.6 Å². The van der Waals surface area contributed by atoms with Gasteiger partial charge in [-0.1, -0.05) is 35.9 Å². The van der Waals surface area contributed by atoms with Crippen molar-refractivity contribution in [2.45, 2.75) is 6.04 Å². The van der Waals surface area contributed by atoms with E-state index in [1.54, 1.807) is 30.9 Å². The second-order valence-corrected chi connectivity index (χ2v) is 7.58. The lowest BCUT2D eigenvalue weighted by Crippen LogP contribution is -2.33. The summed E-state index contributed by atoms with van der Waals surface area (Å²) in [4.78, 5) is 20.7. The Labute approximate surface area is 182 Å². The lowest BCUT2D eigenvalue weighted by atomic mass is 10.0. The van der Waals surface area contributed by atoms with E-state index in [-0.39, 0.29) is 16.8 Å². The molecule has 2 amide bonds. The Morgan fingerprint density at radius 2 is 1.90 bits per heavy atom. The first kappa shape index (κ1) is 19.3. The number of imidazole rings is 1. The van der Waals surface area contributed by atoms with Gasteiger partial charge >= 0.3 is 6.03 Å². The van der Waals surface area contributed by atoms with Crippen LogP contribution in [0.2, 0.25) is 5.02 Å². The molecule has 6 nitrogen and oxygen atoms in total. The summed E-state index contributed by atoms with van der Waals surface area (Å²) in [5, 5.41) is 5.73. The number of pyridine rings is 1. The summed E-state index contributed by atoms with van der Waals surface area (Å²) >= 11 is 6.30. The number of carbonyl (C=O) groups is 1. The largest absolute Gasteiger partial charge is 0.335 e. The van der Waals surface area contributed by atoms with Gasteiger partial charge in [-0.3, -0.25) is 4.98 Å². The maximum Gasteiger partial charge on any atom is 0.319 e. The zero-order valence-electron chi connectivity index (χ0n) is 16.2. The summed E-state index contributed by atoms with van der Waals surface area (Å²) in [5.41, 5.74) is 4.43. The Morgan fingerprint density at radius 1 is 1.10 bits per heavy atom. The van der Waals surface area contributed by atoms with Crippen molar-refractivity contribution >= 4 is 23.3 Å². The number of anilines is 1.